The molecule has 4 N–H and O–H groups in total. The van der Waals surface area contributed by atoms with E-state index in [1.54, 1.807) is 0 Å². The molecule has 0 fully saturated rings. The summed E-state index contributed by atoms with van der Waals surface area (Å²) in [6, 6.07) is 0. The van der Waals surface area contributed by atoms with E-state index in [0.29, 0.717) is 0 Å². The fourth-order valence-electron chi connectivity index (χ4n) is 0. The number of carbonyl (C=O) groups excluding carboxylic acids is 1. The Bertz CT molecular complexity index is 46.5. The van der Waals surface area contributed by atoms with Gasteiger partial charge in [0, 0.05) is 5.97 Å². The van der Waals surface area contributed by atoms with E-state index >= 15 is 0 Å². The molecule has 0 atom stereocenters. The van der Waals surface area contributed by atoms with Gasteiger partial charge in [-0.2, -0.15) is 0 Å². The second-order valence-electron chi connectivity index (χ2n) is 0.621. The van der Waals surface area contributed by atoms with Crippen molar-refractivity contribution >= 4 is 5.97 Å². The van der Waals surface area contributed by atoms with Gasteiger partial charge in [-0.3, -0.25) is 0 Å². The number of carboxylic acid groups (broad SMARTS) is 1. The first-order valence-corrected chi connectivity index (χ1v) is 1.42. The van der Waals surface area contributed by atoms with Crippen molar-refractivity contribution in [3.05, 3.63) is 0 Å². The summed E-state index contributed by atoms with van der Waals surface area (Å²) in [5.74, 6) is 3.07. The molecule has 0 amide bonds. The normalized spacial score (nSPS) is 5.38. The van der Waals surface area contributed by atoms with Crippen LogP contribution in [0.25, 0.3) is 0 Å². The van der Waals surface area contributed by atoms with Crippen molar-refractivity contribution in [1.82, 2.24) is 5.59 Å². The molecule has 0 aromatic heterocycles. The number of hydrazine groups is 1. The third-order valence-electron chi connectivity index (χ3n) is 0. The van der Waals surface area contributed by atoms with Gasteiger partial charge >= 0.3 is 29.6 Å². The zero-order valence-electron chi connectivity index (χ0n) is 4.84. The van der Waals surface area contributed by atoms with Gasteiger partial charge in [0.25, 0.3) is 0 Å². The average Bonchev–Trinajstić information content (AvgIpc) is 1.33. The summed E-state index contributed by atoms with van der Waals surface area (Å²) in [6.07, 6.45) is 0. The first-order valence-electron chi connectivity index (χ1n) is 1.42. The molecule has 0 spiro atoms. The van der Waals surface area contributed by atoms with Gasteiger partial charge in [0.15, 0.2) is 0 Å². The summed E-state index contributed by atoms with van der Waals surface area (Å²) in [4.78, 5) is 8.89. The molecular formula is C2H7N2NaO3. The maximum absolute atomic E-state index is 8.89. The zero-order valence-corrected chi connectivity index (χ0v) is 6.84. The van der Waals surface area contributed by atoms with Crippen LogP contribution in [0.5, 0.6) is 0 Å². The maximum Gasteiger partial charge on any atom is 1.00 e. The topological polar surface area (TPSA) is 98.4 Å². The van der Waals surface area contributed by atoms with E-state index in [1.165, 1.54) is 5.59 Å². The summed E-state index contributed by atoms with van der Waals surface area (Å²) in [5.41, 5.74) is 1.25. The van der Waals surface area contributed by atoms with Crippen molar-refractivity contribution < 1.29 is 44.7 Å². The predicted molar refractivity (Wildman–Crippen MR) is 19.8 cm³/mol. The standard InChI is InChI=1S/C2H4O2.H4N2O.Na/c1-2(3)4;1-2-3;/h1H3,(H,3,4);2-3H,1H2;/q;;+1/p-1. The SMILES string of the molecule is CC(=O)[O-].NNO.[Na+]. The number of carbonyl (C=O) groups is 1. The molecule has 0 rings (SSSR count). The van der Waals surface area contributed by atoms with Gasteiger partial charge in [-0.1, -0.05) is 0 Å². The molecule has 0 heterocycles. The summed E-state index contributed by atoms with van der Waals surface area (Å²) in [7, 11) is 0. The molecule has 8 heavy (non-hydrogen) atoms. The Morgan fingerprint density at radius 1 is 1.88 bits per heavy atom. The van der Waals surface area contributed by atoms with Crippen LogP contribution in [0.15, 0.2) is 0 Å². The van der Waals surface area contributed by atoms with Gasteiger partial charge in [0.2, 0.25) is 0 Å². The van der Waals surface area contributed by atoms with Gasteiger partial charge < -0.3 is 15.1 Å². The molecule has 0 saturated carbocycles. The number of hydrogen-bond acceptors (Lipinski definition) is 5. The Labute approximate surface area is 69.1 Å². The fraction of sp³-hybridized carbons (Fsp3) is 0.500. The van der Waals surface area contributed by atoms with Crippen molar-refractivity contribution in [1.29, 1.82) is 0 Å². The number of carboxylic acids is 1. The zero-order chi connectivity index (χ0) is 6.28. The molecule has 0 aliphatic heterocycles. The Morgan fingerprint density at radius 3 is 1.88 bits per heavy atom. The molecular weight excluding hydrogens is 123 g/mol. The molecule has 44 valence electrons. The van der Waals surface area contributed by atoms with Crippen LogP contribution < -0.4 is 46.1 Å². The molecule has 0 aliphatic carbocycles. The first-order chi connectivity index (χ1) is 3.15. The van der Waals surface area contributed by atoms with Crippen molar-refractivity contribution in [2.75, 3.05) is 0 Å². The van der Waals surface area contributed by atoms with Crippen LogP contribution >= 0.6 is 0 Å². The number of nitrogens with one attached hydrogen (secondary N) is 1. The molecule has 0 unspecified atom stereocenters. The number of nitrogens with two attached hydrogens (primary N) is 1. The van der Waals surface area contributed by atoms with Gasteiger partial charge in [-0.05, 0) is 6.92 Å². The summed E-state index contributed by atoms with van der Waals surface area (Å²) in [6.45, 7) is 0.972. The molecule has 5 nitrogen and oxygen atoms in total. The quantitative estimate of drug-likeness (QED) is 0.173. The van der Waals surface area contributed by atoms with Gasteiger partial charge in [0.05, 0.1) is 0 Å². The Morgan fingerprint density at radius 2 is 1.88 bits per heavy atom. The second kappa shape index (κ2) is 15.7. The Balaban J connectivity index is -0.0000000575. The van der Waals surface area contributed by atoms with E-state index in [9.17, 15) is 0 Å². The number of rotatable bonds is 0. The van der Waals surface area contributed by atoms with Crippen molar-refractivity contribution in [2.24, 2.45) is 5.84 Å². The minimum absolute atomic E-state index is 0. The Kier molecular flexibility index (Phi) is 30.9. The van der Waals surface area contributed by atoms with Crippen molar-refractivity contribution in [2.45, 2.75) is 6.92 Å². The molecule has 0 saturated heterocycles. The van der Waals surface area contributed by atoms with Crippen LogP contribution in [0.2, 0.25) is 0 Å². The minimum atomic E-state index is -1.08. The summed E-state index contributed by atoms with van der Waals surface area (Å²) < 4.78 is 0. The van der Waals surface area contributed by atoms with E-state index in [1.807, 2.05) is 0 Å². The Hall–Kier alpha value is 0.350. The van der Waals surface area contributed by atoms with Crippen molar-refractivity contribution in [3.8, 4) is 0 Å². The van der Waals surface area contributed by atoms with Gasteiger partial charge in [-0.15, -0.1) is 5.59 Å². The fourth-order valence-corrected chi connectivity index (χ4v) is 0. The van der Waals surface area contributed by atoms with E-state index in [0.717, 1.165) is 6.92 Å². The van der Waals surface area contributed by atoms with Crippen LogP contribution in [0.3, 0.4) is 0 Å². The number of aliphatic carboxylic acids is 1. The second-order valence-corrected chi connectivity index (χ2v) is 0.621. The van der Waals surface area contributed by atoms with Crippen LogP contribution in [-0.4, -0.2) is 11.2 Å². The molecule has 0 aromatic rings. The third kappa shape index (κ3) is 1480. The van der Waals surface area contributed by atoms with Crippen molar-refractivity contribution in [3.63, 3.8) is 0 Å². The van der Waals surface area contributed by atoms with Crippen LogP contribution in [0, 0.1) is 0 Å². The van der Waals surface area contributed by atoms with E-state index in [4.69, 9.17) is 15.1 Å². The van der Waals surface area contributed by atoms with E-state index in [2.05, 4.69) is 5.84 Å². The molecule has 0 aromatic carbocycles. The van der Waals surface area contributed by atoms with Crippen LogP contribution in [-0.2, 0) is 4.79 Å². The molecule has 0 bridgehead atoms. The minimum Gasteiger partial charge on any atom is -0.550 e. The number of hydrogen-bond donors (Lipinski definition) is 3. The smallest absolute Gasteiger partial charge is 0.550 e. The maximum atomic E-state index is 8.89. The molecule has 6 heteroatoms. The van der Waals surface area contributed by atoms with Crippen LogP contribution in [0.1, 0.15) is 6.92 Å². The first kappa shape index (κ1) is 15.8. The van der Waals surface area contributed by atoms with Gasteiger partial charge in [0.1, 0.15) is 0 Å². The average molecular weight is 130 g/mol. The largest absolute Gasteiger partial charge is 1.00 e. The molecule has 0 radical (unpaired) electrons. The third-order valence-corrected chi connectivity index (χ3v) is 0. The monoisotopic (exact) mass is 130 g/mol. The summed E-state index contributed by atoms with van der Waals surface area (Å²) >= 11 is 0. The van der Waals surface area contributed by atoms with Gasteiger partial charge in [-0.25, -0.2) is 5.84 Å². The predicted octanol–water partition coefficient (Wildman–Crippen LogP) is -5.40. The van der Waals surface area contributed by atoms with E-state index < -0.39 is 5.97 Å². The summed E-state index contributed by atoms with van der Waals surface area (Å²) in [5, 5.41) is 16.0. The van der Waals surface area contributed by atoms with Crippen LogP contribution in [0.4, 0.5) is 0 Å². The molecule has 0 aliphatic rings. The van der Waals surface area contributed by atoms with E-state index in [-0.39, 0.29) is 29.6 Å².